The Bertz CT molecular complexity index is 1290. The summed E-state index contributed by atoms with van der Waals surface area (Å²) in [7, 11) is 0. The summed E-state index contributed by atoms with van der Waals surface area (Å²) in [5.41, 5.74) is 3.73. The Morgan fingerprint density at radius 3 is 2.00 bits per heavy atom. The number of hydrogen-bond acceptors (Lipinski definition) is 4. The molecule has 0 aliphatic heterocycles. The SMILES string of the molecule is C=Cc1cc(-c2ccc(OCc3ccccc3)nc2OCc2ccccc2)ccc1OCC(F)(F)F. The van der Waals surface area contributed by atoms with Gasteiger partial charge in [-0.15, -0.1) is 0 Å². The maximum atomic E-state index is 12.6. The molecule has 0 spiro atoms. The Labute approximate surface area is 207 Å². The molecule has 7 heteroatoms. The molecule has 0 aliphatic carbocycles. The summed E-state index contributed by atoms with van der Waals surface area (Å²) >= 11 is 0. The number of aromatic nitrogens is 1. The summed E-state index contributed by atoms with van der Waals surface area (Å²) in [5.74, 6) is 0.816. The second kappa shape index (κ2) is 11.4. The largest absolute Gasteiger partial charge is 0.484 e. The van der Waals surface area contributed by atoms with E-state index in [1.165, 1.54) is 12.1 Å². The molecule has 4 nitrogen and oxygen atoms in total. The van der Waals surface area contributed by atoms with Crippen LogP contribution in [0.4, 0.5) is 13.2 Å². The van der Waals surface area contributed by atoms with E-state index in [-0.39, 0.29) is 12.4 Å². The van der Waals surface area contributed by atoms with Gasteiger partial charge in [-0.1, -0.05) is 79.4 Å². The van der Waals surface area contributed by atoms with Crippen molar-refractivity contribution in [2.75, 3.05) is 6.61 Å². The Hall–Kier alpha value is -4.26. The molecule has 0 N–H and O–H groups in total. The zero-order chi connectivity index (χ0) is 25.4. The molecule has 3 aromatic carbocycles. The van der Waals surface area contributed by atoms with Crippen molar-refractivity contribution >= 4 is 6.08 Å². The minimum atomic E-state index is -4.44. The molecule has 0 fully saturated rings. The Morgan fingerprint density at radius 1 is 0.750 bits per heavy atom. The quantitative estimate of drug-likeness (QED) is 0.230. The van der Waals surface area contributed by atoms with Crippen LogP contribution in [0.15, 0.2) is 97.6 Å². The summed E-state index contributed by atoms with van der Waals surface area (Å²) in [6, 6.07) is 27.7. The first-order chi connectivity index (χ1) is 17.4. The van der Waals surface area contributed by atoms with Crippen LogP contribution < -0.4 is 14.2 Å². The van der Waals surface area contributed by atoms with Crippen LogP contribution in [-0.4, -0.2) is 17.8 Å². The van der Waals surface area contributed by atoms with Crippen LogP contribution in [0.2, 0.25) is 0 Å². The molecular weight excluding hydrogens is 467 g/mol. The smallest absolute Gasteiger partial charge is 0.422 e. The molecule has 4 rings (SSSR count). The van der Waals surface area contributed by atoms with Crippen molar-refractivity contribution in [3.8, 4) is 28.6 Å². The molecule has 0 atom stereocenters. The zero-order valence-electron chi connectivity index (χ0n) is 19.4. The van der Waals surface area contributed by atoms with Gasteiger partial charge in [-0.05, 0) is 34.9 Å². The molecule has 36 heavy (non-hydrogen) atoms. The lowest BCUT2D eigenvalue weighted by molar-refractivity contribution is -0.153. The third-order valence-electron chi connectivity index (χ3n) is 5.21. The van der Waals surface area contributed by atoms with E-state index < -0.39 is 12.8 Å². The van der Waals surface area contributed by atoms with Crippen molar-refractivity contribution in [3.05, 3.63) is 114 Å². The van der Waals surface area contributed by atoms with Crippen LogP contribution in [0.5, 0.6) is 17.5 Å². The Kier molecular flexibility index (Phi) is 7.90. The van der Waals surface area contributed by atoms with Crippen LogP contribution in [0, 0.1) is 0 Å². The fraction of sp³-hybridized carbons (Fsp3) is 0.138. The molecule has 4 aromatic rings. The van der Waals surface area contributed by atoms with Gasteiger partial charge < -0.3 is 14.2 Å². The van der Waals surface area contributed by atoms with Gasteiger partial charge >= 0.3 is 6.18 Å². The number of alkyl halides is 3. The molecule has 0 bridgehead atoms. The van der Waals surface area contributed by atoms with E-state index in [1.807, 2.05) is 66.7 Å². The second-order valence-electron chi connectivity index (χ2n) is 7.91. The van der Waals surface area contributed by atoms with Gasteiger partial charge in [0.05, 0.1) is 0 Å². The van der Waals surface area contributed by atoms with Crippen molar-refractivity contribution in [2.45, 2.75) is 19.4 Å². The van der Waals surface area contributed by atoms with Crippen LogP contribution in [0.1, 0.15) is 16.7 Å². The van der Waals surface area contributed by atoms with Crippen molar-refractivity contribution in [3.63, 3.8) is 0 Å². The highest BCUT2D eigenvalue weighted by Gasteiger charge is 2.28. The van der Waals surface area contributed by atoms with Crippen molar-refractivity contribution in [1.29, 1.82) is 0 Å². The molecule has 0 aliphatic rings. The highest BCUT2D eigenvalue weighted by molar-refractivity contribution is 5.73. The summed E-state index contributed by atoms with van der Waals surface area (Å²) in [6.45, 7) is 2.95. The molecule has 184 valence electrons. The van der Waals surface area contributed by atoms with Crippen molar-refractivity contribution in [1.82, 2.24) is 4.98 Å². The van der Waals surface area contributed by atoms with E-state index >= 15 is 0 Å². The summed E-state index contributed by atoms with van der Waals surface area (Å²) in [6.07, 6.45) is -2.99. The topological polar surface area (TPSA) is 40.6 Å². The second-order valence-corrected chi connectivity index (χ2v) is 7.91. The maximum Gasteiger partial charge on any atom is 0.422 e. The first-order valence-corrected chi connectivity index (χ1v) is 11.2. The minimum Gasteiger partial charge on any atom is -0.484 e. The molecule has 0 radical (unpaired) electrons. The number of halogens is 3. The van der Waals surface area contributed by atoms with Crippen LogP contribution in [0.25, 0.3) is 17.2 Å². The number of benzene rings is 3. The van der Waals surface area contributed by atoms with Gasteiger partial charge in [0.1, 0.15) is 19.0 Å². The third kappa shape index (κ3) is 6.88. The molecule has 0 unspecified atom stereocenters. The predicted octanol–water partition coefficient (Wildman–Crippen LogP) is 7.49. The standard InChI is InChI=1S/C29H24F3NO3/c1-2-23-17-24(13-15-26(23)36-20-29(30,31)32)25-14-16-27(34-18-21-9-5-3-6-10-21)33-28(25)35-19-22-11-7-4-8-12-22/h2-17H,1,18-20H2. The summed E-state index contributed by atoms with van der Waals surface area (Å²) in [5, 5.41) is 0. The van der Waals surface area contributed by atoms with Gasteiger partial charge in [0.2, 0.25) is 11.8 Å². The number of ether oxygens (including phenoxy) is 3. The van der Waals surface area contributed by atoms with Gasteiger partial charge in [0.25, 0.3) is 0 Å². The number of rotatable bonds is 10. The fourth-order valence-corrected chi connectivity index (χ4v) is 3.46. The maximum absolute atomic E-state index is 12.6. The van der Waals surface area contributed by atoms with Gasteiger partial charge in [0, 0.05) is 17.2 Å². The van der Waals surface area contributed by atoms with E-state index in [9.17, 15) is 13.2 Å². The van der Waals surface area contributed by atoms with Gasteiger partial charge in [0.15, 0.2) is 6.61 Å². The average Bonchev–Trinajstić information content (AvgIpc) is 2.90. The molecular formula is C29H24F3NO3. The fourth-order valence-electron chi connectivity index (χ4n) is 3.46. The van der Waals surface area contributed by atoms with E-state index in [0.717, 1.165) is 11.1 Å². The molecule has 1 heterocycles. The lowest BCUT2D eigenvalue weighted by Crippen LogP contribution is -2.19. The first-order valence-electron chi connectivity index (χ1n) is 11.2. The highest BCUT2D eigenvalue weighted by atomic mass is 19.4. The molecule has 0 saturated carbocycles. The molecule has 1 aromatic heterocycles. The summed E-state index contributed by atoms with van der Waals surface area (Å²) < 4.78 is 54.7. The van der Waals surface area contributed by atoms with Crippen LogP contribution in [0.3, 0.4) is 0 Å². The Morgan fingerprint density at radius 2 is 1.39 bits per heavy atom. The summed E-state index contributed by atoms with van der Waals surface area (Å²) in [4.78, 5) is 4.58. The lowest BCUT2D eigenvalue weighted by atomic mass is 10.0. The average molecular weight is 492 g/mol. The third-order valence-corrected chi connectivity index (χ3v) is 5.21. The van der Waals surface area contributed by atoms with Gasteiger partial charge in [-0.3, -0.25) is 0 Å². The Balaban J connectivity index is 1.61. The number of hydrogen-bond donors (Lipinski definition) is 0. The van der Waals surface area contributed by atoms with E-state index in [1.54, 1.807) is 18.2 Å². The van der Waals surface area contributed by atoms with Crippen molar-refractivity contribution in [2.24, 2.45) is 0 Å². The van der Waals surface area contributed by atoms with E-state index in [2.05, 4.69) is 11.6 Å². The van der Waals surface area contributed by atoms with Gasteiger partial charge in [-0.2, -0.15) is 18.2 Å². The zero-order valence-corrected chi connectivity index (χ0v) is 19.4. The van der Waals surface area contributed by atoms with E-state index in [4.69, 9.17) is 14.2 Å². The lowest BCUT2D eigenvalue weighted by Gasteiger charge is -2.15. The normalized spacial score (nSPS) is 11.1. The van der Waals surface area contributed by atoms with Crippen molar-refractivity contribution < 1.29 is 27.4 Å². The minimum absolute atomic E-state index is 0.0913. The van der Waals surface area contributed by atoms with Gasteiger partial charge in [-0.25, -0.2) is 0 Å². The monoisotopic (exact) mass is 491 g/mol. The first kappa shape index (κ1) is 24.9. The number of nitrogens with zero attached hydrogens (tertiary/aromatic N) is 1. The molecule has 0 amide bonds. The molecule has 0 saturated heterocycles. The predicted molar refractivity (Wildman–Crippen MR) is 133 cm³/mol. The number of pyridine rings is 1. The van der Waals surface area contributed by atoms with Crippen LogP contribution in [-0.2, 0) is 13.2 Å². The van der Waals surface area contributed by atoms with Crippen LogP contribution >= 0.6 is 0 Å². The van der Waals surface area contributed by atoms with E-state index in [0.29, 0.717) is 35.1 Å². The highest BCUT2D eigenvalue weighted by Crippen LogP contribution is 2.35.